The Hall–Kier alpha value is -1.46. The van der Waals surface area contributed by atoms with Gasteiger partial charge in [0.25, 0.3) is 0 Å². The molecule has 0 heterocycles. The molecule has 0 aromatic heterocycles. The standard InChI is InChI=1S/C7H16N4O2/c1-10(2)6(12)8-5-9-7(13)11(3)4/h5H2,1-4H3,(H,8,12)(H,9,13). The van der Waals surface area contributed by atoms with Crippen LogP contribution in [0.3, 0.4) is 0 Å². The van der Waals surface area contributed by atoms with E-state index in [-0.39, 0.29) is 18.7 Å². The van der Waals surface area contributed by atoms with Crippen LogP contribution in [0.5, 0.6) is 0 Å². The van der Waals surface area contributed by atoms with Gasteiger partial charge in [0.05, 0.1) is 6.67 Å². The van der Waals surface area contributed by atoms with Crippen LogP contribution in [-0.2, 0) is 0 Å². The van der Waals surface area contributed by atoms with Crippen LogP contribution in [0.15, 0.2) is 0 Å². The molecule has 0 aliphatic rings. The molecule has 0 rings (SSSR count). The van der Waals surface area contributed by atoms with Gasteiger partial charge in [0.2, 0.25) is 0 Å². The van der Waals surface area contributed by atoms with Gasteiger partial charge in [-0.25, -0.2) is 9.59 Å². The molecular formula is C7H16N4O2. The van der Waals surface area contributed by atoms with Crippen LogP contribution in [0.1, 0.15) is 0 Å². The Morgan fingerprint density at radius 1 is 0.923 bits per heavy atom. The van der Waals surface area contributed by atoms with Crippen LogP contribution in [0.4, 0.5) is 9.59 Å². The first-order chi connectivity index (χ1) is 5.95. The lowest BCUT2D eigenvalue weighted by Crippen LogP contribution is -2.44. The zero-order valence-corrected chi connectivity index (χ0v) is 8.42. The third-order valence-electron chi connectivity index (χ3n) is 1.29. The number of carbonyl (C=O) groups excluding carboxylic acids is 2. The predicted octanol–water partition coefficient (Wildman–Crippen LogP) is -0.514. The molecule has 13 heavy (non-hydrogen) atoms. The summed E-state index contributed by atoms with van der Waals surface area (Å²) in [5, 5.41) is 4.99. The summed E-state index contributed by atoms with van der Waals surface area (Å²) < 4.78 is 0. The molecule has 0 atom stereocenters. The highest BCUT2D eigenvalue weighted by molar-refractivity contribution is 5.76. The quantitative estimate of drug-likeness (QED) is 0.573. The van der Waals surface area contributed by atoms with Gasteiger partial charge in [-0.1, -0.05) is 0 Å². The van der Waals surface area contributed by atoms with E-state index in [2.05, 4.69) is 10.6 Å². The number of amides is 4. The molecule has 0 aliphatic carbocycles. The number of rotatable bonds is 2. The Bertz CT molecular complexity index is 171. The first kappa shape index (κ1) is 11.5. The summed E-state index contributed by atoms with van der Waals surface area (Å²) in [6, 6.07) is -0.474. The fourth-order valence-electron chi connectivity index (χ4n) is 0.512. The topological polar surface area (TPSA) is 64.7 Å². The lowest BCUT2D eigenvalue weighted by molar-refractivity contribution is 0.209. The fraction of sp³-hybridized carbons (Fsp3) is 0.714. The van der Waals surface area contributed by atoms with E-state index in [1.807, 2.05) is 0 Å². The van der Waals surface area contributed by atoms with Gasteiger partial charge >= 0.3 is 12.1 Å². The zero-order chi connectivity index (χ0) is 10.4. The highest BCUT2D eigenvalue weighted by Gasteiger charge is 2.04. The maximum atomic E-state index is 10.9. The second-order valence-electron chi connectivity index (χ2n) is 2.93. The van der Waals surface area contributed by atoms with Gasteiger partial charge in [-0.05, 0) is 0 Å². The van der Waals surface area contributed by atoms with Crippen LogP contribution >= 0.6 is 0 Å². The minimum absolute atomic E-state index is 0.133. The summed E-state index contributed by atoms with van der Waals surface area (Å²) in [6.45, 7) is 0.133. The van der Waals surface area contributed by atoms with Gasteiger partial charge in [0, 0.05) is 28.2 Å². The van der Waals surface area contributed by atoms with Crippen LogP contribution in [0, 0.1) is 0 Å². The number of urea groups is 2. The summed E-state index contributed by atoms with van der Waals surface area (Å²) in [7, 11) is 6.51. The first-order valence-corrected chi connectivity index (χ1v) is 3.85. The summed E-state index contributed by atoms with van der Waals surface area (Å²) in [6.07, 6.45) is 0. The predicted molar refractivity (Wildman–Crippen MR) is 49.3 cm³/mol. The SMILES string of the molecule is CN(C)C(=O)NCNC(=O)N(C)C. The summed E-state index contributed by atoms with van der Waals surface area (Å²) >= 11 is 0. The van der Waals surface area contributed by atoms with Gasteiger partial charge in [-0.15, -0.1) is 0 Å². The summed E-state index contributed by atoms with van der Waals surface area (Å²) in [4.78, 5) is 24.7. The number of hydrogen-bond acceptors (Lipinski definition) is 2. The van der Waals surface area contributed by atoms with Crippen LogP contribution in [-0.4, -0.2) is 56.7 Å². The smallest absolute Gasteiger partial charge is 0.318 e. The number of hydrogen-bond donors (Lipinski definition) is 2. The van der Waals surface area contributed by atoms with E-state index in [4.69, 9.17) is 0 Å². The van der Waals surface area contributed by atoms with Gasteiger partial charge in [0.15, 0.2) is 0 Å². The van der Waals surface area contributed by atoms with Crippen molar-refractivity contribution in [3.8, 4) is 0 Å². The average molecular weight is 188 g/mol. The third-order valence-corrected chi connectivity index (χ3v) is 1.29. The molecule has 2 N–H and O–H groups in total. The highest BCUT2D eigenvalue weighted by atomic mass is 16.2. The lowest BCUT2D eigenvalue weighted by Gasteiger charge is -2.14. The van der Waals surface area contributed by atoms with E-state index in [1.54, 1.807) is 28.2 Å². The normalized spacial score (nSPS) is 8.92. The van der Waals surface area contributed by atoms with Crippen molar-refractivity contribution in [2.24, 2.45) is 0 Å². The number of nitrogens with zero attached hydrogens (tertiary/aromatic N) is 2. The van der Waals surface area contributed by atoms with Gasteiger partial charge in [-0.3, -0.25) is 0 Å². The van der Waals surface area contributed by atoms with Gasteiger partial charge in [0.1, 0.15) is 0 Å². The van der Waals surface area contributed by atoms with Crippen molar-refractivity contribution >= 4 is 12.1 Å². The van der Waals surface area contributed by atoms with Crippen molar-refractivity contribution in [3.63, 3.8) is 0 Å². The summed E-state index contributed by atoms with van der Waals surface area (Å²) in [5.74, 6) is 0. The highest BCUT2D eigenvalue weighted by Crippen LogP contribution is 1.76. The van der Waals surface area contributed by atoms with Crippen molar-refractivity contribution in [2.75, 3.05) is 34.9 Å². The minimum atomic E-state index is -0.237. The molecule has 6 heteroatoms. The summed E-state index contributed by atoms with van der Waals surface area (Å²) in [5.41, 5.74) is 0. The van der Waals surface area contributed by atoms with Crippen molar-refractivity contribution < 1.29 is 9.59 Å². The zero-order valence-electron chi connectivity index (χ0n) is 8.42. The third kappa shape index (κ3) is 4.89. The van der Waals surface area contributed by atoms with Crippen LogP contribution in [0.25, 0.3) is 0 Å². The molecule has 0 aliphatic heterocycles. The van der Waals surface area contributed by atoms with Gasteiger partial charge in [-0.2, -0.15) is 0 Å². The van der Waals surface area contributed by atoms with E-state index in [0.29, 0.717) is 0 Å². The molecular weight excluding hydrogens is 172 g/mol. The average Bonchev–Trinajstić information content (AvgIpc) is 2.03. The van der Waals surface area contributed by atoms with Crippen molar-refractivity contribution in [1.82, 2.24) is 20.4 Å². The van der Waals surface area contributed by atoms with Crippen molar-refractivity contribution in [1.29, 1.82) is 0 Å². The Labute approximate surface area is 77.9 Å². The largest absolute Gasteiger partial charge is 0.331 e. The van der Waals surface area contributed by atoms with E-state index in [0.717, 1.165) is 0 Å². The van der Waals surface area contributed by atoms with Crippen molar-refractivity contribution in [3.05, 3.63) is 0 Å². The monoisotopic (exact) mass is 188 g/mol. The maximum absolute atomic E-state index is 10.9. The molecule has 0 aromatic rings. The molecule has 0 saturated carbocycles. The molecule has 6 nitrogen and oxygen atoms in total. The first-order valence-electron chi connectivity index (χ1n) is 3.85. The Kier molecular flexibility index (Phi) is 4.64. The molecule has 76 valence electrons. The number of carbonyl (C=O) groups is 2. The van der Waals surface area contributed by atoms with E-state index >= 15 is 0 Å². The fourth-order valence-corrected chi connectivity index (χ4v) is 0.512. The molecule has 0 spiro atoms. The molecule has 0 radical (unpaired) electrons. The Morgan fingerprint density at radius 3 is 1.46 bits per heavy atom. The van der Waals surface area contributed by atoms with Crippen LogP contribution in [0.2, 0.25) is 0 Å². The molecule has 0 bridgehead atoms. The second kappa shape index (κ2) is 5.23. The second-order valence-corrected chi connectivity index (χ2v) is 2.93. The Balaban J connectivity index is 3.57. The van der Waals surface area contributed by atoms with Gasteiger partial charge < -0.3 is 20.4 Å². The molecule has 4 amide bonds. The molecule has 0 unspecified atom stereocenters. The van der Waals surface area contributed by atoms with Crippen molar-refractivity contribution in [2.45, 2.75) is 0 Å². The minimum Gasteiger partial charge on any atom is -0.331 e. The Morgan fingerprint density at radius 2 is 1.23 bits per heavy atom. The van der Waals surface area contributed by atoms with E-state index < -0.39 is 0 Å². The lowest BCUT2D eigenvalue weighted by atomic mass is 10.7. The maximum Gasteiger partial charge on any atom is 0.318 e. The van der Waals surface area contributed by atoms with E-state index in [9.17, 15) is 9.59 Å². The van der Waals surface area contributed by atoms with E-state index in [1.165, 1.54) is 9.80 Å². The number of nitrogens with one attached hydrogen (secondary N) is 2. The molecule has 0 aromatic carbocycles. The molecule has 0 fully saturated rings. The van der Waals surface area contributed by atoms with Crippen LogP contribution < -0.4 is 10.6 Å². The molecule has 0 saturated heterocycles.